The van der Waals surface area contributed by atoms with Gasteiger partial charge in [-0.15, -0.1) is 0 Å². The van der Waals surface area contributed by atoms with Gasteiger partial charge in [0.1, 0.15) is 23.1 Å². The van der Waals surface area contributed by atoms with Crippen molar-refractivity contribution in [3.8, 4) is 11.6 Å². The summed E-state index contributed by atoms with van der Waals surface area (Å²) in [5.74, 6) is -0.00349. The fourth-order valence-electron chi connectivity index (χ4n) is 3.06. The van der Waals surface area contributed by atoms with E-state index < -0.39 is 17.8 Å². The van der Waals surface area contributed by atoms with Crippen molar-refractivity contribution in [3.05, 3.63) is 52.7 Å². The number of piperidine rings is 1. The maximum atomic E-state index is 12.9. The summed E-state index contributed by atoms with van der Waals surface area (Å²) in [5, 5.41) is 0.619. The molecule has 1 aliphatic heterocycles. The first-order valence-corrected chi connectivity index (χ1v) is 9.58. The molecule has 1 fully saturated rings. The number of carbonyl (C=O) groups is 1. The summed E-state index contributed by atoms with van der Waals surface area (Å²) in [6.45, 7) is 2.56. The van der Waals surface area contributed by atoms with Crippen molar-refractivity contribution in [3.63, 3.8) is 0 Å². The largest absolute Gasteiger partial charge is 0.490 e. The van der Waals surface area contributed by atoms with Crippen LogP contribution in [0, 0.1) is 0 Å². The molecule has 5 nitrogen and oxygen atoms in total. The number of alkyl halides is 3. The first-order valence-electron chi connectivity index (χ1n) is 9.20. The molecule has 1 aromatic heterocycles. The zero-order valence-corrected chi connectivity index (χ0v) is 16.5. The predicted molar refractivity (Wildman–Crippen MR) is 101 cm³/mol. The van der Waals surface area contributed by atoms with Gasteiger partial charge < -0.3 is 14.4 Å². The van der Waals surface area contributed by atoms with Gasteiger partial charge in [-0.2, -0.15) is 13.2 Å². The second-order valence-electron chi connectivity index (χ2n) is 6.54. The predicted octanol–water partition coefficient (Wildman–Crippen LogP) is 4.84. The Balaban J connectivity index is 1.66. The quantitative estimate of drug-likeness (QED) is 0.684. The van der Waals surface area contributed by atoms with Gasteiger partial charge in [0.05, 0.1) is 6.61 Å². The smallest absolute Gasteiger partial charge is 0.433 e. The Labute approximate surface area is 171 Å². The number of amides is 1. The van der Waals surface area contributed by atoms with E-state index in [1.807, 2.05) is 0 Å². The number of hydrogen-bond donors (Lipinski definition) is 0. The van der Waals surface area contributed by atoms with E-state index in [0.29, 0.717) is 36.7 Å². The molecule has 156 valence electrons. The summed E-state index contributed by atoms with van der Waals surface area (Å²) in [5.41, 5.74) is -1.07. The summed E-state index contributed by atoms with van der Waals surface area (Å²) < 4.78 is 49.8. The monoisotopic (exact) mass is 428 g/mol. The maximum absolute atomic E-state index is 12.9. The second-order valence-corrected chi connectivity index (χ2v) is 6.98. The average Bonchev–Trinajstić information content (AvgIpc) is 2.69. The lowest BCUT2D eigenvalue weighted by molar-refractivity contribution is -0.141. The molecule has 0 unspecified atom stereocenters. The van der Waals surface area contributed by atoms with Crippen LogP contribution in [0.15, 0.2) is 36.4 Å². The number of ether oxygens (including phenoxy) is 2. The Morgan fingerprint density at radius 1 is 1.17 bits per heavy atom. The first-order chi connectivity index (χ1) is 13.8. The Kier molecular flexibility index (Phi) is 6.52. The van der Waals surface area contributed by atoms with E-state index in [0.717, 1.165) is 12.1 Å². The molecule has 0 saturated carbocycles. The van der Waals surface area contributed by atoms with Crippen LogP contribution < -0.4 is 9.47 Å². The van der Waals surface area contributed by atoms with E-state index in [4.69, 9.17) is 21.1 Å². The van der Waals surface area contributed by atoms with Gasteiger partial charge in [-0.1, -0.05) is 11.6 Å². The molecule has 3 rings (SSSR count). The minimum atomic E-state index is -4.61. The zero-order chi connectivity index (χ0) is 21.0. The topological polar surface area (TPSA) is 51.7 Å². The van der Waals surface area contributed by atoms with Gasteiger partial charge in [-0.3, -0.25) is 4.79 Å². The van der Waals surface area contributed by atoms with Crippen LogP contribution in [0.3, 0.4) is 0 Å². The van der Waals surface area contributed by atoms with Gasteiger partial charge >= 0.3 is 6.18 Å². The third kappa shape index (κ3) is 5.32. The highest BCUT2D eigenvalue weighted by atomic mass is 35.5. The lowest BCUT2D eigenvalue weighted by Gasteiger charge is -2.32. The van der Waals surface area contributed by atoms with Crippen LogP contribution in [0.5, 0.6) is 11.6 Å². The SMILES string of the molecule is CCOc1nc(C(F)(F)F)ccc1C(=O)N1CCC(Oc2ccc(Cl)cc2)CC1. The van der Waals surface area contributed by atoms with Crippen molar-refractivity contribution in [2.45, 2.75) is 32.0 Å². The fourth-order valence-corrected chi connectivity index (χ4v) is 3.19. The number of rotatable bonds is 5. The van der Waals surface area contributed by atoms with Crippen LogP contribution in [0.4, 0.5) is 13.2 Å². The van der Waals surface area contributed by atoms with Crippen LogP contribution in [0.25, 0.3) is 0 Å². The van der Waals surface area contributed by atoms with E-state index in [2.05, 4.69) is 4.98 Å². The van der Waals surface area contributed by atoms with Crippen molar-refractivity contribution >= 4 is 17.5 Å². The number of carbonyl (C=O) groups excluding carboxylic acids is 1. The minimum absolute atomic E-state index is 0.0249. The number of pyridine rings is 1. The number of benzene rings is 1. The maximum Gasteiger partial charge on any atom is 0.433 e. The molecular weight excluding hydrogens is 409 g/mol. The molecule has 1 aromatic carbocycles. The molecule has 0 radical (unpaired) electrons. The minimum Gasteiger partial charge on any atom is -0.490 e. The highest BCUT2D eigenvalue weighted by molar-refractivity contribution is 6.30. The lowest BCUT2D eigenvalue weighted by atomic mass is 10.1. The number of aromatic nitrogens is 1. The lowest BCUT2D eigenvalue weighted by Crippen LogP contribution is -2.42. The van der Waals surface area contributed by atoms with Gasteiger partial charge in [-0.25, -0.2) is 4.98 Å². The standard InChI is InChI=1S/C20H20ClF3N2O3/c1-2-28-18-16(7-8-17(25-18)20(22,23)24)19(27)26-11-9-15(10-12-26)29-14-5-3-13(21)4-6-14/h3-8,15H,2,9-12H2,1H3. The van der Waals surface area contributed by atoms with Crippen LogP contribution in [0.1, 0.15) is 35.8 Å². The van der Waals surface area contributed by atoms with Crippen molar-refractivity contribution in [1.82, 2.24) is 9.88 Å². The summed E-state index contributed by atoms with van der Waals surface area (Å²) in [7, 11) is 0. The van der Waals surface area contributed by atoms with E-state index in [1.54, 1.807) is 36.1 Å². The van der Waals surface area contributed by atoms with E-state index in [1.165, 1.54) is 0 Å². The van der Waals surface area contributed by atoms with Gasteiger partial charge in [0.2, 0.25) is 5.88 Å². The Hall–Kier alpha value is -2.48. The van der Waals surface area contributed by atoms with E-state index >= 15 is 0 Å². The number of nitrogens with zero attached hydrogens (tertiary/aromatic N) is 2. The summed E-state index contributed by atoms with van der Waals surface area (Å²) >= 11 is 5.86. The molecule has 0 N–H and O–H groups in total. The molecule has 0 atom stereocenters. The molecule has 0 bridgehead atoms. The van der Waals surface area contributed by atoms with Crippen LogP contribution in [0.2, 0.25) is 5.02 Å². The molecule has 29 heavy (non-hydrogen) atoms. The van der Waals surface area contributed by atoms with Crippen molar-refractivity contribution in [2.24, 2.45) is 0 Å². The molecule has 1 aliphatic rings. The molecule has 2 heterocycles. The highest BCUT2D eigenvalue weighted by Crippen LogP contribution is 2.31. The second kappa shape index (κ2) is 8.90. The normalized spacial score (nSPS) is 15.3. The first kappa shape index (κ1) is 21.2. The van der Waals surface area contributed by atoms with E-state index in [-0.39, 0.29) is 24.2 Å². The molecule has 1 amide bonds. The molecular formula is C20H20ClF3N2O3. The van der Waals surface area contributed by atoms with Crippen molar-refractivity contribution in [1.29, 1.82) is 0 Å². The summed E-state index contributed by atoms with van der Waals surface area (Å²) in [6, 6.07) is 8.96. The number of likely N-dealkylation sites (tertiary alicyclic amines) is 1. The molecule has 0 spiro atoms. The number of halogens is 4. The highest BCUT2D eigenvalue weighted by Gasteiger charge is 2.35. The average molecular weight is 429 g/mol. The molecule has 1 saturated heterocycles. The zero-order valence-electron chi connectivity index (χ0n) is 15.7. The van der Waals surface area contributed by atoms with Crippen molar-refractivity contribution < 1.29 is 27.4 Å². The molecule has 0 aliphatic carbocycles. The Morgan fingerprint density at radius 2 is 1.83 bits per heavy atom. The fraction of sp³-hybridized carbons (Fsp3) is 0.400. The van der Waals surface area contributed by atoms with Crippen molar-refractivity contribution in [2.75, 3.05) is 19.7 Å². The van der Waals surface area contributed by atoms with Gasteiger partial charge in [0.25, 0.3) is 5.91 Å². The van der Waals surface area contributed by atoms with Gasteiger partial charge in [0.15, 0.2) is 0 Å². The van der Waals surface area contributed by atoms with Gasteiger partial charge in [0, 0.05) is 31.0 Å². The Bertz CT molecular complexity index is 851. The van der Waals surface area contributed by atoms with Crippen LogP contribution in [-0.4, -0.2) is 41.6 Å². The van der Waals surface area contributed by atoms with Crippen LogP contribution >= 0.6 is 11.6 Å². The third-order valence-corrected chi connectivity index (χ3v) is 4.76. The third-order valence-electron chi connectivity index (χ3n) is 4.51. The summed E-state index contributed by atoms with van der Waals surface area (Å²) in [4.78, 5) is 17.9. The van der Waals surface area contributed by atoms with Crippen LogP contribution in [-0.2, 0) is 6.18 Å². The van der Waals surface area contributed by atoms with E-state index in [9.17, 15) is 18.0 Å². The number of hydrogen-bond acceptors (Lipinski definition) is 4. The molecule has 2 aromatic rings. The van der Waals surface area contributed by atoms with Gasteiger partial charge in [-0.05, 0) is 43.3 Å². The Morgan fingerprint density at radius 3 is 2.41 bits per heavy atom. The summed E-state index contributed by atoms with van der Waals surface area (Å²) in [6.07, 6.45) is -3.46. The molecule has 9 heteroatoms.